The van der Waals surface area contributed by atoms with E-state index in [1.807, 2.05) is 20.8 Å². The highest BCUT2D eigenvalue weighted by molar-refractivity contribution is 6.33. The molecular weight excluding hydrogens is 491 g/mol. The van der Waals surface area contributed by atoms with E-state index >= 15 is 0 Å². The third-order valence-corrected chi connectivity index (χ3v) is 6.57. The fourth-order valence-corrected chi connectivity index (χ4v) is 4.61. The van der Waals surface area contributed by atoms with E-state index in [0.717, 1.165) is 31.2 Å². The number of H-pyrrole nitrogens is 1. The Morgan fingerprint density at radius 2 is 1.97 bits per heavy atom. The van der Waals surface area contributed by atoms with Gasteiger partial charge in [-0.2, -0.15) is 4.98 Å². The molecule has 1 aliphatic rings. The van der Waals surface area contributed by atoms with Crippen molar-refractivity contribution in [3.63, 3.8) is 0 Å². The van der Waals surface area contributed by atoms with Crippen LogP contribution in [0.25, 0.3) is 11.2 Å². The number of alkyl carbamates (subject to hydrolysis) is 1. The lowest BCUT2D eigenvalue weighted by molar-refractivity contribution is 0.0488. The van der Waals surface area contributed by atoms with Crippen LogP contribution in [0.5, 0.6) is 0 Å². The molecule has 1 amide bonds. The molecule has 0 atom stereocenters. The van der Waals surface area contributed by atoms with Gasteiger partial charge in [0.25, 0.3) is 0 Å². The van der Waals surface area contributed by atoms with Crippen LogP contribution in [0.15, 0.2) is 29.2 Å². The topological polar surface area (TPSA) is 114 Å². The monoisotopic (exact) mass is 520 g/mol. The summed E-state index contributed by atoms with van der Waals surface area (Å²) in [6.45, 7) is 6.51. The number of carbonyl (C=O) groups is 1. The van der Waals surface area contributed by atoms with Crippen LogP contribution in [0.2, 0.25) is 10.0 Å². The highest BCUT2D eigenvalue weighted by atomic mass is 35.5. The van der Waals surface area contributed by atoms with Gasteiger partial charge in [0.05, 0.1) is 12.7 Å². The second-order valence-corrected chi connectivity index (χ2v) is 10.8. The number of benzene rings is 1. The second-order valence-electron chi connectivity index (χ2n) is 9.93. The predicted molar refractivity (Wildman–Crippen MR) is 137 cm³/mol. The van der Waals surface area contributed by atoms with Crippen LogP contribution in [0.1, 0.15) is 52.0 Å². The first-order valence-corrected chi connectivity index (χ1v) is 12.5. The molecule has 9 nitrogen and oxygen atoms in total. The van der Waals surface area contributed by atoms with E-state index in [4.69, 9.17) is 27.9 Å². The number of hydrogen-bond acceptors (Lipinski definition) is 6. The van der Waals surface area contributed by atoms with E-state index < -0.39 is 5.60 Å². The molecule has 1 aromatic carbocycles. The fourth-order valence-electron chi connectivity index (χ4n) is 4.23. The number of ether oxygens (including phenoxy) is 1. The molecule has 4 rings (SSSR count). The van der Waals surface area contributed by atoms with Gasteiger partial charge < -0.3 is 20.4 Å². The normalized spacial score (nSPS) is 18.4. The lowest BCUT2D eigenvalue weighted by Gasteiger charge is -2.30. The van der Waals surface area contributed by atoms with E-state index in [1.54, 1.807) is 24.4 Å². The van der Waals surface area contributed by atoms with Gasteiger partial charge in [-0.3, -0.25) is 4.57 Å². The van der Waals surface area contributed by atoms with E-state index in [9.17, 15) is 9.59 Å². The Balaban J connectivity index is 1.36. The molecule has 2 heterocycles. The van der Waals surface area contributed by atoms with E-state index in [1.165, 1.54) is 4.57 Å². The maximum Gasteiger partial charge on any atom is 0.407 e. The first kappa shape index (κ1) is 25.3. The number of fused-ring (bicyclic) bond motifs is 1. The van der Waals surface area contributed by atoms with Gasteiger partial charge in [0.1, 0.15) is 11.1 Å². The number of imidazole rings is 1. The number of anilines is 1. The number of hydrogen-bond donors (Lipinski definition) is 3. The maximum atomic E-state index is 12.5. The minimum atomic E-state index is -0.503. The number of nitrogens with one attached hydrogen (secondary N) is 3. The molecule has 0 unspecified atom stereocenters. The SMILES string of the molecule is CC(C)(C)OC(=O)NC1CCC(CNc2ncc3[nH]c(=O)n(Cc4cc(Cl)ccc4Cl)c3n2)CC1. The van der Waals surface area contributed by atoms with Gasteiger partial charge in [-0.05, 0) is 76.1 Å². The number of amides is 1. The number of aromatic nitrogens is 4. The molecular formula is C24H30Cl2N6O3. The lowest BCUT2D eigenvalue weighted by Crippen LogP contribution is -2.41. The van der Waals surface area contributed by atoms with Crippen LogP contribution < -0.4 is 16.3 Å². The first-order chi connectivity index (χ1) is 16.6. The highest BCUT2D eigenvalue weighted by Crippen LogP contribution is 2.25. The zero-order valence-corrected chi connectivity index (χ0v) is 21.5. The minimum absolute atomic E-state index is 0.126. The minimum Gasteiger partial charge on any atom is -0.444 e. The summed E-state index contributed by atoms with van der Waals surface area (Å²) in [5.74, 6) is 0.890. The van der Waals surface area contributed by atoms with Gasteiger partial charge in [0, 0.05) is 22.6 Å². The summed E-state index contributed by atoms with van der Waals surface area (Å²) in [7, 11) is 0. The summed E-state index contributed by atoms with van der Waals surface area (Å²) < 4.78 is 6.87. The van der Waals surface area contributed by atoms with Crippen molar-refractivity contribution in [3.05, 3.63) is 50.5 Å². The predicted octanol–water partition coefficient (Wildman–Crippen LogP) is 4.97. The third-order valence-electron chi connectivity index (χ3n) is 5.96. The van der Waals surface area contributed by atoms with E-state index in [-0.39, 0.29) is 24.4 Å². The van der Waals surface area contributed by atoms with Crippen molar-refractivity contribution in [1.82, 2.24) is 24.8 Å². The molecule has 3 aromatic rings. The molecule has 1 fully saturated rings. The quantitative estimate of drug-likeness (QED) is 0.422. The summed E-state index contributed by atoms with van der Waals surface area (Å²) in [5.41, 5.74) is 0.976. The number of aromatic amines is 1. The summed E-state index contributed by atoms with van der Waals surface area (Å²) in [4.78, 5) is 36.3. The molecule has 2 aromatic heterocycles. The zero-order chi connectivity index (χ0) is 25.2. The molecule has 0 spiro atoms. The molecule has 1 aliphatic carbocycles. The van der Waals surface area contributed by atoms with Crippen molar-refractivity contribution >= 4 is 46.4 Å². The smallest absolute Gasteiger partial charge is 0.407 e. The van der Waals surface area contributed by atoms with Crippen LogP contribution in [-0.2, 0) is 11.3 Å². The third kappa shape index (κ3) is 6.67. The van der Waals surface area contributed by atoms with Crippen molar-refractivity contribution in [2.24, 2.45) is 5.92 Å². The Kier molecular flexibility index (Phi) is 7.56. The Morgan fingerprint density at radius 3 is 2.69 bits per heavy atom. The van der Waals surface area contributed by atoms with Crippen LogP contribution in [0.4, 0.5) is 10.7 Å². The van der Waals surface area contributed by atoms with Crippen molar-refractivity contribution in [2.45, 2.75) is 64.6 Å². The zero-order valence-electron chi connectivity index (χ0n) is 20.0. The van der Waals surface area contributed by atoms with Gasteiger partial charge >= 0.3 is 11.8 Å². The molecule has 0 aliphatic heterocycles. The Bertz CT molecular complexity index is 1260. The average Bonchev–Trinajstić information content (AvgIpc) is 3.09. The van der Waals surface area contributed by atoms with Crippen LogP contribution in [-0.4, -0.2) is 43.8 Å². The fraction of sp³-hybridized carbons (Fsp3) is 0.500. The average molecular weight is 521 g/mol. The van der Waals surface area contributed by atoms with Gasteiger partial charge in [-0.25, -0.2) is 14.6 Å². The summed E-state index contributed by atoms with van der Waals surface area (Å²) in [5, 5.41) is 7.34. The molecule has 0 radical (unpaired) electrons. The molecule has 0 bridgehead atoms. The Morgan fingerprint density at radius 1 is 1.23 bits per heavy atom. The molecule has 188 valence electrons. The van der Waals surface area contributed by atoms with Crippen molar-refractivity contribution in [2.75, 3.05) is 11.9 Å². The van der Waals surface area contributed by atoms with E-state index in [0.29, 0.717) is 39.6 Å². The van der Waals surface area contributed by atoms with Gasteiger partial charge in [0.15, 0.2) is 5.65 Å². The van der Waals surface area contributed by atoms with Crippen LogP contribution >= 0.6 is 23.2 Å². The largest absolute Gasteiger partial charge is 0.444 e. The Labute approximate surface area is 213 Å². The maximum absolute atomic E-state index is 12.5. The number of nitrogens with zero attached hydrogens (tertiary/aromatic N) is 3. The van der Waals surface area contributed by atoms with Crippen LogP contribution in [0, 0.1) is 5.92 Å². The number of halogens is 2. The van der Waals surface area contributed by atoms with Crippen molar-refractivity contribution in [1.29, 1.82) is 0 Å². The molecule has 0 saturated heterocycles. The summed E-state index contributed by atoms with van der Waals surface area (Å²) >= 11 is 12.4. The van der Waals surface area contributed by atoms with E-state index in [2.05, 4.69) is 25.6 Å². The van der Waals surface area contributed by atoms with Gasteiger partial charge in [-0.1, -0.05) is 23.2 Å². The number of rotatable bonds is 6. The molecule has 1 saturated carbocycles. The second kappa shape index (κ2) is 10.5. The van der Waals surface area contributed by atoms with Crippen LogP contribution in [0.3, 0.4) is 0 Å². The lowest BCUT2D eigenvalue weighted by atomic mass is 9.86. The van der Waals surface area contributed by atoms with Crippen molar-refractivity contribution < 1.29 is 9.53 Å². The van der Waals surface area contributed by atoms with Gasteiger partial charge in [-0.15, -0.1) is 0 Å². The summed E-state index contributed by atoms with van der Waals surface area (Å²) in [6, 6.07) is 5.28. The molecule has 3 N–H and O–H groups in total. The first-order valence-electron chi connectivity index (χ1n) is 11.7. The summed E-state index contributed by atoms with van der Waals surface area (Å²) in [6.07, 6.45) is 4.96. The number of carbonyl (C=O) groups excluding carboxylic acids is 1. The van der Waals surface area contributed by atoms with Crippen molar-refractivity contribution in [3.8, 4) is 0 Å². The van der Waals surface area contributed by atoms with Gasteiger partial charge in [0.2, 0.25) is 5.95 Å². The highest BCUT2D eigenvalue weighted by Gasteiger charge is 2.25. The molecule has 35 heavy (non-hydrogen) atoms. The molecule has 11 heteroatoms. The Hall–Kier alpha value is -2.78. The standard InChI is InChI=1S/C24H30Cl2N6O3/c1-24(2,3)35-23(34)29-17-7-4-14(5-8-17)11-27-21-28-12-19-20(31-21)32(22(33)30-19)13-15-10-16(25)6-9-18(15)26/h6,9-10,12,14,17H,4-5,7-8,11,13H2,1-3H3,(H,29,34)(H,30,33)(H,27,28,31).